The van der Waals surface area contributed by atoms with Crippen molar-refractivity contribution >= 4 is 39.9 Å². The highest BCUT2D eigenvalue weighted by Gasteiger charge is 2.36. The van der Waals surface area contributed by atoms with Gasteiger partial charge in [0.15, 0.2) is 0 Å². The highest BCUT2D eigenvalue weighted by Crippen LogP contribution is 2.25. The maximum atomic E-state index is 12.2. The van der Waals surface area contributed by atoms with Gasteiger partial charge in [0.2, 0.25) is 5.91 Å². The lowest BCUT2D eigenvalue weighted by Gasteiger charge is -2.32. The number of carbonyl (C=O) groups is 1. The number of amides is 1. The normalized spacial score (nSPS) is 17.4. The average Bonchev–Trinajstić information content (AvgIpc) is 2.36. The Morgan fingerprint density at radius 3 is 2.68 bits per heavy atom. The number of rotatable bonds is 2. The van der Waals surface area contributed by atoms with Crippen molar-refractivity contribution in [3.63, 3.8) is 0 Å². The van der Waals surface area contributed by atoms with Gasteiger partial charge >= 0.3 is 0 Å². The van der Waals surface area contributed by atoms with Crippen LogP contribution in [0.2, 0.25) is 0 Å². The van der Waals surface area contributed by atoms with E-state index < -0.39 is 5.54 Å². The molecule has 19 heavy (non-hydrogen) atoms. The Balaban J connectivity index is 0.00000180. The third-order valence-corrected chi connectivity index (χ3v) is 4.21. The van der Waals surface area contributed by atoms with Gasteiger partial charge in [-0.2, -0.15) is 0 Å². The molecule has 0 unspecified atom stereocenters. The third kappa shape index (κ3) is 3.69. The number of nitrogens with one attached hydrogen (secondary N) is 1. The van der Waals surface area contributed by atoms with Gasteiger partial charge < -0.3 is 15.8 Å². The van der Waals surface area contributed by atoms with E-state index in [9.17, 15) is 4.79 Å². The minimum absolute atomic E-state index is 0. The molecule has 0 spiro atoms. The lowest BCUT2D eigenvalue weighted by molar-refractivity contribution is -0.124. The van der Waals surface area contributed by atoms with Crippen LogP contribution >= 0.6 is 28.3 Å². The van der Waals surface area contributed by atoms with Crippen LogP contribution in [0.3, 0.4) is 0 Å². The molecule has 1 saturated heterocycles. The Morgan fingerprint density at radius 1 is 1.42 bits per heavy atom. The second kappa shape index (κ2) is 6.70. The molecule has 1 heterocycles. The molecule has 106 valence electrons. The van der Waals surface area contributed by atoms with Gasteiger partial charge in [0, 0.05) is 23.4 Å². The van der Waals surface area contributed by atoms with E-state index in [-0.39, 0.29) is 18.3 Å². The summed E-state index contributed by atoms with van der Waals surface area (Å²) in [6, 6.07) is 5.71. The maximum absolute atomic E-state index is 12.2. The van der Waals surface area contributed by atoms with Gasteiger partial charge in [0.05, 0.1) is 0 Å². The second-order valence-corrected chi connectivity index (χ2v) is 5.49. The summed E-state index contributed by atoms with van der Waals surface area (Å²) in [4.78, 5) is 12.2. The quantitative estimate of drug-likeness (QED) is 0.862. The molecule has 1 aromatic rings. The summed E-state index contributed by atoms with van der Waals surface area (Å²) >= 11 is 3.44. The molecule has 1 amide bonds. The lowest BCUT2D eigenvalue weighted by Crippen LogP contribution is -2.54. The van der Waals surface area contributed by atoms with Crippen LogP contribution in [0, 0.1) is 6.92 Å². The molecule has 1 aliphatic heterocycles. The first-order chi connectivity index (χ1) is 8.53. The molecule has 2 rings (SSSR count). The molecule has 0 saturated carbocycles. The van der Waals surface area contributed by atoms with Gasteiger partial charge in [-0.3, -0.25) is 4.79 Å². The van der Waals surface area contributed by atoms with Crippen LogP contribution in [-0.4, -0.2) is 24.7 Å². The number of carbonyl (C=O) groups excluding carboxylic acids is 1. The topological polar surface area (TPSA) is 64.4 Å². The van der Waals surface area contributed by atoms with Crippen LogP contribution in [0.1, 0.15) is 18.4 Å². The Morgan fingerprint density at radius 2 is 2.05 bits per heavy atom. The van der Waals surface area contributed by atoms with Crippen molar-refractivity contribution < 1.29 is 9.53 Å². The van der Waals surface area contributed by atoms with E-state index in [2.05, 4.69) is 21.2 Å². The Labute approximate surface area is 127 Å². The Hall–Kier alpha value is -0.620. The monoisotopic (exact) mass is 348 g/mol. The molecule has 1 aliphatic rings. The minimum atomic E-state index is -0.812. The molecule has 3 N–H and O–H groups in total. The average molecular weight is 350 g/mol. The molecule has 0 bridgehead atoms. The fraction of sp³-hybridized carbons (Fsp3) is 0.462. The summed E-state index contributed by atoms with van der Waals surface area (Å²) in [5.74, 6) is -0.132. The molecule has 0 radical (unpaired) electrons. The van der Waals surface area contributed by atoms with Crippen molar-refractivity contribution in [2.75, 3.05) is 18.5 Å². The molecular weight excluding hydrogens is 332 g/mol. The molecule has 4 nitrogen and oxygen atoms in total. The molecular formula is C13H18BrClN2O2. The van der Waals surface area contributed by atoms with Crippen molar-refractivity contribution in [1.29, 1.82) is 0 Å². The second-order valence-electron chi connectivity index (χ2n) is 4.64. The van der Waals surface area contributed by atoms with E-state index in [0.29, 0.717) is 26.1 Å². The van der Waals surface area contributed by atoms with E-state index in [1.807, 2.05) is 25.1 Å². The largest absolute Gasteiger partial charge is 0.381 e. The Kier molecular flexibility index (Phi) is 5.80. The van der Waals surface area contributed by atoms with Crippen molar-refractivity contribution in [1.82, 2.24) is 0 Å². The lowest BCUT2D eigenvalue weighted by atomic mass is 9.90. The maximum Gasteiger partial charge on any atom is 0.244 e. The summed E-state index contributed by atoms with van der Waals surface area (Å²) < 4.78 is 6.21. The van der Waals surface area contributed by atoms with E-state index in [1.165, 1.54) is 0 Å². The van der Waals surface area contributed by atoms with Crippen LogP contribution in [0.15, 0.2) is 22.7 Å². The highest BCUT2D eigenvalue weighted by molar-refractivity contribution is 9.10. The van der Waals surface area contributed by atoms with Gasteiger partial charge in [-0.05, 0) is 37.5 Å². The summed E-state index contributed by atoms with van der Waals surface area (Å²) in [5.41, 5.74) is 7.12. The first kappa shape index (κ1) is 16.4. The van der Waals surface area contributed by atoms with Crippen LogP contribution in [0.4, 0.5) is 5.69 Å². The Bertz CT molecular complexity index is 462. The standard InChI is InChI=1S/C13H17BrN2O2.ClH/c1-9-10(14)3-2-4-11(9)16-12(17)13(15)5-7-18-8-6-13;/h2-4H,5-8,15H2,1H3,(H,16,17);1H. The van der Waals surface area contributed by atoms with Gasteiger partial charge in [0.25, 0.3) is 0 Å². The van der Waals surface area contributed by atoms with Crippen molar-refractivity contribution in [2.24, 2.45) is 5.73 Å². The molecule has 1 aromatic carbocycles. The molecule has 6 heteroatoms. The molecule has 0 aromatic heterocycles. The smallest absolute Gasteiger partial charge is 0.244 e. The number of anilines is 1. The number of hydrogen-bond donors (Lipinski definition) is 2. The van der Waals surface area contributed by atoms with Gasteiger partial charge in [-0.15, -0.1) is 12.4 Å². The summed E-state index contributed by atoms with van der Waals surface area (Å²) in [6.45, 7) is 3.04. The van der Waals surface area contributed by atoms with E-state index in [4.69, 9.17) is 10.5 Å². The van der Waals surface area contributed by atoms with E-state index in [1.54, 1.807) is 0 Å². The first-order valence-electron chi connectivity index (χ1n) is 5.96. The number of hydrogen-bond acceptors (Lipinski definition) is 3. The van der Waals surface area contributed by atoms with Crippen LogP contribution in [-0.2, 0) is 9.53 Å². The number of halogens is 2. The molecule has 1 fully saturated rings. The van der Waals surface area contributed by atoms with Crippen LogP contribution < -0.4 is 11.1 Å². The molecule has 0 aliphatic carbocycles. The van der Waals surface area contributed by atoms with E-state index in [0.717, 1.165) is 15.7 Å². The van der Waals surface area contributed by atoms with Crippen molar-refractivity contribution in [3.8, 4) is 0 Å². The van der Waals surface area contributed by atoms with Gasteiger partial charge in [-0.1, -0.05) is 22.0 Å². The number of benzene rings is 1. The zero-order valence-corrected chi connectivity index (χ0v) is 13.1. The number of ether oxygens (including phenoxy) is 1. The fourth-order valence-corrected chi connectivity index (χ4v) is 2.32. The summed E-state index contributed by atoms with van der Waals surface area (Å²) in [5, 5.41) is 2.91. The summed E-state index contributed by atoms with van der Waals surface area (Å²) in [6.07, 6.45) is 1.12. The van der Waals surface area contributed by atoms with E-state index >= 15 is 0 Å². The summed E-state index contributed by atoms with van der Waals surface area (Å²) in [7, 11) is 0. The zero-order chi connectivity index (χ0) is 13.2. The predicted octanol–water partition coefficient (Wildman–Crippen LogP) is 2.63. The van der Waals surface area contributed by atoms with Crippen molar-refractivity contribution in [3.05, 3.63) is 28.2 Å². The van der Waals surface area contributed by atoms with Crippen LogP contribution in [0.25, 0.3) is 0 Å². The third-order valence-electron chi connectivity index (χ3n) is 3.35. The van der Waals surface area contributed by atoms with Gasteiger partial charge in [0.1, 0.15) is 5.54 Å². The van der Waals surface area contributed by atoms with Crippen molar-refractivity contribution in [2.45, 2.75) is 25.3 Å². The SMILES string of the molecule is Cc1c(Br)cccc1NC(=O)C1(N)CCOCC1.Cl. The van der Waals surface area contributed by atoms with Gasteiger partial charge in [-0.25, -0.2) is 0 Å². The zero-order valence-electron chi connectivity index (χ0n) is 10.7. The highest BCUT2D eigenvalue weighted by atomic mass is 79.9. The first-order valence-corrected chi connectivity index (χ1v) is 6.75. The number of nitrogens with two attached hydrogens (primary N) is 1. The fourth-order valence-electron chi connectivity index (χ4n) is 1.95. The van der Waals surface area contributed by atoms with Crippen LogP contribution in [0.5, 0.6) is 0 Å². The predicted molar refractivity (Wildman–Crippen MR) is 81.7 cm³/mol. The molecule has 0 atom stereocenters. The minimum Gasteiger partial charge on any atom is -0.381 e.